The molecule has 1 atom stereocenters. The lowest BCUT2D eigenvalue weighted by Crippen LogP contribution is -2.49. The Labute approximate surface area is 174 Å². The highest BCUT2D eigenvalue weighted by molar-refractivity contribution is 6.30. The van der Waals surface area contributed by atoms with Crippen LogP contribution >= 0.6 is 11.6 Å². The molecule has 0 amide bonds. The van der Waals surface area contributed by atoms with Gasteiger partial charge in [-0.05, 0) is 57.4 Å². The summed E-state index contributed by atoms with van der Waals surface area (Å²) in [5.74, 6) is 1.68. The summed E-state index contributed by atoms with van der Waals surface area (Å²) in [6.45, 7) is 9.75. The first kappa shape index (κ1) is 22.8. The maximum atomic E-state index is 5.92. The van der Waals surface area contributed by atoms with Crippen LogP contribution in [0.5, 0.6) is 5.75 Å². The van der Waals surface area contributed by atoms with E-state index in [-0.39, 0.29) is 6.10 Å². The van der Waals surface area contributed by atoms with E-state index in [9.17, 15) is 0 Å². The Bertz CT molecular complexity index is 574. The van der Waals surface area contributed by atoms with E-state index in [0.29, 0.717) is 17.6 Å². The van der Waals surface area contributed by atoms with Gasteiger partial charge >= 0.3 is 0 Å². The van der Waals surface area contributed by atoms with Gasteiger partial charge in [-0.25, -0.2) is 4.99 Å². The molecule has 6 nitrogen and oxygen atoms in total. The van der Waals surface area contributed by atoms with Crippen molar-refractivity contribution in [1.82, 2.24) is 15.5 Å². The number of likely N-dealkylation sites (tertiary alicyclic amines) is 1. The zero-order valence-electron chi connectivity index (χ0n) is 17.4. The van der Waals surface area contributed by atoms with Gasteiger partial charge in [0.1, 0.15) is 11.9 Å². The molecule has 1 aromatic rings. The fourth-order valence-corrected chi connectivity index (χ4v) is 3.38. The molecule has 28 heavy (non-hydrogen) atoms. The molecule has 7 heteroatoms. The van der Waals surface area contributed by atoms with E-state index in [4.69, 9.17) is 26.1 Å². The molecule has 1 aromatic carbocycles. The molecule has 0 aliphatic carbocycles. The number of hydrogen-bond acceptors (Lipinski definition) is 4. The van der Waals surface area contributed by atoms with E-state index in [1.165, 1.54) is 0 Å². The number of nitrogens with one attached hydrogen (secondary N) is 2. The second-order valence-corrected chi connectivity index (χ2v) is 7.65. The maximum absolute atomic E-state index is 5.92. The molecule has 0 saturated carbocycles. The van der Waals surface area contributed by atoms with Gasteiger partial charge in [0.05, 0.1) is 6.54 Å². The second-order valence-electron chi connectivity index (χ2n) is 7.21. The van der Waals surface area contributed by atoms with Crippen LogP contribution in [0.2, 0.25) is 5.02 Å². The first-order valence-corrected chi connectivity index (χ1v) is 10.7. The van der Waals surface area contributed by atoms with Crippen molar-refractivity contribution in [2.24, 2.45) is 4.99 Å². The minimum Gasteiger partial charge on any atom is -0.489 e. The molecule has 1 fully saturated rings. The van der Waals surface area contributed by atoms with Gasteiger partial charge in [0, 0.05) is 51.0 Å². The average Bonchev–Trinajstić information content (AvgIpc) is 2.69. The smallest absolute Gasteiger partial charge is 0.191 e. The molecule has 2 N–H and O–H groups in total. The number of aliphatic imine (C=N–C) groups is 1. The molecule has 1 heterocycles. The van der Waals surface area contributed by atoms with Gasteiger partial charge in [-0.15, -0.1) is 0 Å². The third-order valence-electron chi connectivity index (χ3n) is 4.75. The number of guanidine groups is 1. The number of benzene rings is 1. The molecule has 0 bridgehead atoms. The van der Waals surface area contributed by atoms with Crippen molar-refractivity contribution in [3.05, 3.63) is 29.3 Å². The minimum absolute atomic E-state index is 0.0146. The highest BCUT2D eigenvalue weighted by Gasteiger charge is 2.19. The molecule has 0 aromatic heterocycles. The van der Waals surface area contributed by atoms with Crippen LogP contribution in [-0.4, -0.2) is 69.4 Å². The summed E-state index contributed by atoms with van der Waals surface area (Å²) < 4.78 is 11.1. The van der Waals surface area contributed by atoms with Crippen molar-refractivity contribution >= 4 is 17.6 Å². The molecule has 1 saturated heterocycles. The van der Waals surface area contributed by atoms with Crippen LogP contribution in [0.15, 0.2) is 29.3 Å². The van der Waals surface area contributed by atoms with Gasteiger partial charge in [-0.3, -0.25) is 0 Å². The summed E-state index contributed by atoms with van der Waals surface area (Å²) in [4.78, 5) is 7.23. The van der Waals surface area contributed by atoms with E-state index in [0.717, 1.165) is 63.8 Å². The first-order valence-electron chi connectivity index (χ1n) is 10.3. The van der Waals surface area contributed by atoms with Gasteiger partial charge < -0.3 is 25.0 Å². The van der Waals surface area contributed by atoms with Crippen LogP contribution in [0.25, 0.3) is 0 Å². The summed E-state index contributed by atoms with van der Waals surface area (Å²) in [6, 6.07) is 7.89. The lowest BCUT2D eigenvalue weighted by molar-refractivity contribution is 0.155. The van der Waals surface area contributed by atoms with Crippen molar-refractivity contribution in [3.63, 3.8) is 0 Å². The van der Waals surface area contributed by atoms with E-state index >= 15 is 0 Å². The zero-order valence-corrected chi connectivity index (χ0v) is 18.2. The van der Waals surface area contributed by atoms with E-state index < -0.39 is 0 Å². The lowest BCUT2D eigenvalue weighted by Gasteiger charge is -2.33. The minimum atomic E-state index is -0.0146. The van der Waals surface area contributed by atoms with Crippen LogP contribution in [0.1, 0.15) is 33.1 Å². The molecular weight excluding hydrogens is 376 g/mol. The number of piperidine rings is 1. The highest BCUT2D eigenvalue weighted by atomic mass is 35.5. The summed E-state index contributed by atoms with van der Waals surface area (Å²) in [7, 11) is 1.76. The molecule has 0 radical (unpaired) electrons. The monoisotopic (exact) mass is 410 g/mol. The fourth-order valence-electron chi connectivity index (χ4n) is 3.25. The van der Waals surface area contributed by atoms with Crippen LogP contribution in [0, 0.1) is 0 Å². The Morgan fingerprint density at radius 3 is 2.64 bits per heavy atom. The summed E-state index contributed by atoms with van der Waals surface area (Å²) >= 11 is 5.92. The molecule has 1 unspecified atom stereocenters. The third kappa shape index (κ3) is 8.67. The van der Waals surface area contributed by atoms with Crippen LogP contribution in [0.4, 0.5) is 0 Å². The molecule has 0 spiro atoms. The molecule has 158 valence electrons. The third-order valence-corrected chi connectivity index (χ3v) is 5.00. The zero-order chi connectivity index (χ0) is 20.2. The van der Waals surface area contributed by atoms with Gasteiger partial charge in [0.25, 0.3) is 0 Å². The molecule has 1 aliphatic heterocycles. The van der Waals surface area contributed by atoms with E-state index in [2.05, 4.69) is 22.5 Å². The number of methoxy groups -OCH3 is 1. The summed E-state index contributed by atoms with van der Waals surface area (Å²) in [5.41, 5.74) is 0. The predicted octanol–water partition coefficient (Wildman–Crippen LogP) is 3.16. The second kappa shape index (κ2) is 12.9. The average molecular weight is 411 g/mol. The predicted molar refractivity (Wildman–Crippen MR) is 117 cm³/mol. The Kier molecular flexibility index (Phi) is 10.5. The highest BCUT2D eigenvalue weighted by Crippen LogP contribution is 2.17. The van der Waals surface area contributed by atoms with Crippen LogP contribution in [0.3, 0.4) is 0 Å². The topological polar surface area (TPSA) is 58.1 Å². The van der Waals surface area contributed by atoms with E-state index in [1.807, 2.05) is 31.2 Å². The van der Waals surface area contributed by atoms with Gasteiger partial charge in [0.2, 0.25) is 0 Å². The maximum Gasteiger partial charge on any atom is 0.191 e. The summed E-state index contributed by atoms with van der Waals surface area (Å²) in [5, 5.41) is 7.64. The first-order chi connectivity index (χ1) is 13.6. The Morgan fingerprint density at radius 2 is 2.00 bits per heavy atom. The Balaban J connectivity index is 1.76. The number of rotatable bonds is 10. The number of nitrogens with zero attached hydrogens (tertiary/aromatic N) is 2. The fraction of sp³-hybridized carbons (Fsp3) is 0.667. The standard InChI is InChI=1S/C21H35ClN4O2/c1-4-23-21(24-16-17(2)28-20-8-6-18(22)7-9-20)25-19-10-13-26(14-11-19)12-5-15-27-3/h6-9,17,19H,4-5,10-16H2,1-3H3,(H2,23,24,25). The van der Waals surface area contributed by atoms with Gasteiger partial charge in [0.15, 0.2) is 5.96 Å². The van der Waals surface area contributed by atoms with Crippen molar-refractivity contribution < 1.29 is 9.47 Å². The molecular formula is C21H35ClN4O2. The SMILES string of the molecule is CCNC(=NCC(C)Oc1ccc(Cl)cc1)NC1CCN(CCCOC)CC1. The number of halogens is 1. The van der Waals surface area contributed by atoms with Crippen molar-refractivity contribution in [3.8, 4) is 5.75 Å². The van der Waals surface area contributed by atoms with E-state index in [1.54, 1.807) is 7.11 Å². The summed E-state index contributed by atoms with van der Waals surface area (Å²) in [6.07, 6.45) is 3.35. The molecule has 2 rings (SSSR count). The van der Waals surface area contributed by atoms with Crippen molar-refractivity contribution in [1.29, 1.82) is 0 Å². The molecule has 1 aliphatic rings. The lowest BCUT2D eigenvalue weighted by atomic mass is 10.1. The Hall–Kier alpha value is -1.50. The quantitative estimate of drug-likeness (QED) is 0.352. The van der Waals surface area contributed by atoms with Crippen LogP contribution in [-0.2, 0) is 4.74 Å². The van der Waals surface area contributed by atoms with Gasteiger partial charge in [-0.1, -0.05) is 11.6 Å². The number of hydrogen-bond donors (Lipinski definition) is 2. The van der Waals surface area contributed by atoms with Crippen LogP contribution < -0.4 is 15.4 Å². The van der Waals surface area contributed by atoms with Gasteiger partial charge in [-0.2, -0.15) is 0 Å². The van der Waals surface area contributed by atoms with Crippen molar-refractivity contribution in [2.75, 3.05) is 46.4 Å². The Morgan fingerprint density at radius 1 is 1.29 bits per heavy atom. The normalized spacial score (nSPS) is 17.4. The number of ether oxygens (including phenoxy) is 2. The van der Waals surface area contributed by atoms with Crippen molar-refractivity contribution in [2.45, 2.75) is 45.3 Å². The largest absolute Gasteiger partial charge is 0.489 e.